The number of hydrogen-bond acceptors (Lipinski definition) is 4. The number of sulfonamides is 1. The molecule has 0 saturated carbocycles. The summed E-state index contributed by atoms with van der Waals surface area (Å²) in [6, 6.07) is 1.69. The highest BCUT2D eigenvalue weighted by Gasteiger charge is 2.37. The Morgan fingerprint density at radius 1 is 1.53 bits per heavy atom. The van der Waals surface area contributed by atoms with Crippen LogP contribution in [0.25, 0.3) is 0 Å². The SMILES string of the molecule is CC1(C)CCN(S(=O)(=O)c2cc(CN)cs2)C1. The summed E-state index contributed by atoms with van der Waals surface area (Å²) in [5, 5.41) is 1.81. The van der Waals surface area contributed by atoms with Crippen LogP contribution in [0.5, 0.6) is 0 Å². The number of hydrogen-bond donors (Lipinski definition) is 1. The van der Waals surface area contributed by atoms with Crippen molar-refractivity contribution in [2.45, 2.75) is 31.0 Å². The molecule has 4 nitrogen and oxygen atoms in total. The minimum absolute atomic E-state index is 0.0844. The maximum Gasteiger partial charge on any atom is 0.252 e. The van der Waals surface area contributed by atoms with E-state index in [2.05, 4.69) is 13.8 Å². The molecule has 0 unspecified atom stereocenters. The molecule has 2 rings (SSSR count). The van der Waals surface area contributed by atoms with E-state index in [-0.39, 0.29) is 5.41 Å². The topological polar surface area (TPSA) is 63.4 Å². The van der Waals surface area contributed by atoms with Crippen LogP contribution >= 0.6 is 11.3 Å². The van der Waals surface area contributed by atoms with Crippen molar-refractivity contribution < 1.29 is 8.42 Å². The molecular formula is C11H18N2O2S2. The summed E-state index contributed by atoms with van der Waals surface area (Å²) in [5.74, 6) is 0. The van der Waals surface area contributed by atoms with Crippen molar-refractivity contribution in [3.63, 3.8) is 0 Å². The normalized spacial score (nSPS) is 20.9. The molecule has 1 aliphatic rings. The van der Waals surface area contributed by atoms with Gasteiger partial charge in [0.1, 0.15) is 4.21 Å². The molecule has 1 aliphatic heterocycles. The zero-order valence-corrected chi connectivity index (χ0v) is 11.8. The van der Waals surface area contributed by atoms with Gasteiger partial charge < -0.3 is 5.73 Å². The third-order valence-corrected chi connectivity index (χ3v) is 6.41. The molecular weight excluding hydrogens is 256 g/mol. The fourth-order valence-corrected chi connectivity index (χ4v) is 4.99. The van der Waals surface area contributed by atoms with Gasteiger partial charge in [-0.2, -0.15) is 4.31 Å². The van der Waals surface area contributed by atoms with Gasteiger partial charge in [0.05, 0.1) is 0 Å². The Kier molecular flexibility index (Phi) is 3.33. The van der Waals surface area contributed by atoms with E-state index in [1.165, 1.54) is 11.3 Å². The molecule has 6 heteroatoms. The molecule has 0 atom stereocenters. The quantitative estimate of drug-likeness (QED) is 0.911. The molecule has 0 aromatic carbocycles. The largest absolute Gasteiger partial charge is 0.326 e. The predicted molar refractivity (Wildman–Crippen MR) is 69.4 cm³/mol. The highest BCUT2D eigenvalue weighted by Crippen LogP contribution is 2.34. The van der Waals surface area contributed by atoms with Crippen LogP contribution in [0.3, 0.4) is 0 Å². The summed E-state index contributed by atoms with van der Waals surface area (Å²) in [6.45, 7) is 5.80. The Labute approximate surface area is 106 Å². The lowest BCUT2D eigenvalue weighted by molar-refractivity contribution is 0.376. The lowest BCUT2D eigenvalue weighted by Gasteiger charge is -2.18. The Hall–Kier alpha value is -0.430. The summed E-state index contributed by atoms with van der Waals surface area (Å²) in [7, 11) is -3.30. The van der Waals surface area contributed by atoms with Crippen molar-refractivity contribution in [2.24, 2.45) is 11.1 Å². The first-order chi connectivity index (χ1) is 7.85. The number of nitrogens with zero attached hydrogens (tertiary/aromatic N) is 1. The van der Waals surface area contributed by atoms with Gasteiger partial charge in [-0.05, 0) is 28.8 Å². The Bertz CT molecular complexity index is 505. The second-order valence-electron chi connectivity index (χ2n) is 5.23. The number of thiophene rings is 1. The third-order valence-electron chi connectivity index (χ3n) is 3.10. The first kappa shape index (κ1) is 13.0. The molecule has 17 heavy (non-hydrogen) atoms. The molecule has 1 aromatic heterocycles. The van der Waals surface area contributed by atoms with Gasteiger partial charge in [-0.25, -0.2) is 8.42 Å². The van der Waals surface area contributed by atoms with Gasteiger partial charge in [-0.15, -0.1) is 11.3 Å². The summed E-state index contributed by atoms with van der Waals surface area (Å²) in [6.07, 6.45) is 0.918. The van der Waals surface area contributed by atoms with E-state index in [1.807, 2.05) is 5.38 Å². The third kappa shape index (κ3) is 2.54. The van der Waals surface area contributed by atoms with Gasteiger partial charge in [0.25, 0.3) is 10.0 Å². The molecule has 1 aromatic rings. The zero-order chi connectivity index (χ0) is 12.7. The summed E-state index contributed by atoms with van der Waals surface area (Å²) >= 11 is 1.26. The van der Waals surface area contributed by atoms with Crippen LogP contribution < -0.4 is 5.73 Å². The van der Waals surface area contributed by atoms with Crippen LogP contribution in [0, 0.1) is 5.41 Å². The van der Waals surface area contributed by atoms with Gasteiger partial charge in [0, 0.05) is 19.6 Å². The maximum atomic E-state index is 12.3. The highest BCUT2D eigenvalue weighted by atomic mass is 32.2. The standard InChI is InChI=1S/C11H18N2O2S2/c1-11(2)3-4-13(8-11)17(14,15)10-5-9(6-12)7-16-10/h5,7H,3-4,6,8,12H2,1-2H3. The van der Waals surface area contributed by atoms with E-state index in [1.54, 1.807) is 10.4 Å². The molecule has 0 radical (unpaired) electrons. The van der Waals surface area contributed by atoms with E-state index in [0.717, 1.165) is 12.0 Å². The average molecular weight is 274 g/mol. The molecule has 2 heterocycles. The minimum atomic E-state index is -3.30. The smallest absolute Gasteiger partial charge is 0.252 e. The Morgan fingerprint density at radius 2 is 2.24 bits per heavy atom. The van der Waals surface area contributed by atoms with Crippen molar-refractivity contribution in [1.82, 2.24) is 4.31 Å². The van der Waals surface area contributed by atoms with Crippen LogP contribution in [-0.2, 0) is 16.6 Å². The molecule has 0 spiro atoms. The molecule has 0 bridgehead atoms. The van der Waals surface area contributed by atoms with Gasteiger partial charge >= 0.3 is 0 Å². The van der Waals surface area contributed by atoms with E-state index in [4.69, 9.17) is 5.73 Å². The summed E-state index contributed by atoms with van der Waals surface area (Å²) < 4.78 is 26.7. The van der Waals surface area contributed by atoms with Crippen LogP contribution in [0.15, 0.2) is 15.7 Å². The number of nitrogens with two attached hydrogens (primary N) is 1. The van der Waals surface area contributed by atoms with E-state index in [0.29, 0.717) is 23.8 Å². The second kappa shape index (κ2) is 4.35. The van der Waals surface area contributed by atoms with Crippen LogP contribution in [0.2, 0.25) is 0 Å². The maximum absolute atomic E-state index is 12.3. The lowest BCUT2D eigenvalue weighted by atomic mass is 9.93. The van der Waals surface area contributed by atoms with Gasteiger partial charge in [0.15, 0.2) is 0 Å². The molecule has 1 saturated heterocycles. The fraction of sp³-hybridized carbons (Fsp3) is 0.636. The molecule has 1 fully saturated rings. The molecule has 0 aliphatic carbocycles. The Balaban J connectivity index is 2.25. The zero-order valence-electron chi connectivity index (χ0n) is 10.1. The number of rotatable bonds is 3. The van der Waals surface area contributed by atoms with Crippen LogP contribution in [0.1, 0.15) is 25.8 Å². The van der Waals surface area contributed by atoms with Gasteiger partial charge in [-0.3, -0.25) is 0 Å². The molecule has 96 valence electrons. The minimum Gasteiger partial charge on any atom is -0.326 e. The first-order valence-electron chi connectivity index (χ1n) is 5.63. The monoisotopic (exact) mass is 274 g/mol. The molecule has 0 amide bonds. The van der Waals surface area contributed by atoms with Crippen molar-refractivity contribution in [3.8, 4) is 0 Å². The highest BCUT2D eigenvalue weighted by molar-refractivity contribution is 7.91. The van der Waals surface area contributed by atoms with Crippen molar-refractivity contribution in [3.05, 3.63) is 17.0 Å². The van der Waals surface area contributed by atoms with E-state index < -0.39 is 10.0 Å². The summed E-state index contributed by atoms with van der Waals surface area (Å²) in [4.78, 5) is 0. The first-order valence-corrected chi connectivity index (χ1v) is 7.95. The Morgan fingerprint density at radius 3 is 2.71 bits per heavy atom. The molecule has 2 N–H and O–H groups in total. The van der Waals surface area contributed by atoms with Crippen molar-refractivity contribution in [2.75, 3.05) is 13.1 Å². The van der Waals surface area contributed by atoms with Crippen molar-refractivity contribution in [1.29, 1.82) is 0 Å². The summed E-state index contributed by atoms with van der Waals surface area (Å²) in [5.41, 5.74) is 6.47. The van der Waals surface area contributed by atoms with E-state index >= 15 is 0 Å². The van der Waals surface area contributed by atoms with Gasteiger partial charge in [-0.1, -0.05) is 13.8 Å². The van der Waals surface area contributed by atoms with E-state index in [9.17, 15) is 8.42 Å². The van der Waals surface area contributed by atoms with Crippen LogP contribution in [-0.4, -0.2) is 25.8 Å². The second-order valence-corrected chi connectivity index (χ2v) is 8.31. The van der Waals surface area contributed by atoms with Gasteiger partial charge in [0.2, 0.25) is 0 Å². The van der Waals surface area contributed by atoms with Crippen molar-refractivity contribution >= 4 is 21.4 Å². The predicted octanol–water partition coefficient (Wildman–Crippen LogP) is 1.63. The average Bonchev–Trinajstić information content (AvgIpc) is 2.84. The fourth-order valence-electron chi connectivity index (χ4n) is 1.99. The van der Waals surface area contributed by atoms with Crippen LogP contribution in [0.4, 0.5) is 0 Å². The lowest BCUT2D eigenvalue weighted by Crippen LogP contribution is -2.29.